The molecule has 2 heterocycles. The van der Waals surface area contributed by atoms with Gasteiger partial charge in [0.1, 0.15) is 10.4 Å². The molecule has 19 heavy (non-hydrogen) atoms. The molecule has 0 bridgehead atoms. The molecule has 0 aromatic carbocycles. The first kappa shape index (κ1) is 12.7. The third-order valence-corrected chi connectivity index (χ3v) is 4.40. The average molecular weight is 327 g/mol. The van der Waals surface area contributed by atoms with Crippen molar-refractivity contribution >= 4 is 27.8 Å². The Morgan fingerprint density at radius 3 is 2.53 bits per heavy atom. The summed E-state index contributed by atoms with van der Waals surface area (Å²) >= 11 is 3.26. The summed E-state index contributed by atoms with van der Waals surface area (Å²) in [5.41, 5.74) is 0. The molecule has 1 aromatic rings. The Labute approximate surface area is 119 Å². The lowest BCUT2D eigenvalue weighted by atomic mass is 10.0. The van der Waals surface area contributed by atoms with Crippen LogP contribution >= 0.6 is 15.9 Å². The molecule has 2 aliphatic rings. The van der Waals surface area contributed by atoms with Gasteiger partial charge in [-0.15, -0.1) is 0 Å². The van der Waals surface area contributed by atoms with Gasteiger partial charge in [0, 0.05) is 19.1 Å². The van der Waals surface area contributed by atoms with Crippen LogP contribution in [0.5, 0.6) is 0 Å². The number of rotatable bonds is 2. The molecule has 1 aliphatic heterocycles. The van der Waals surface area contributed by atoms with Gasteiger partial charge >= 0.3 is 6.09 Å². The van der Waals surface area contributed by atoms with Gasteiger partial charge in [-0.25, -0.2) is 14.8 Å². The standard InChI is InChI=1S/C12H15BrN4O2/c13-10-3-15-11(4-14-10)16-9-1-7-5-17(12(18)19)6-8(7)2-9/h3-4,7-9H,1-2,5-6H2,(H,15,16)(H,18,19)/t7-,8+,9-. The van der Waals surface area contributed by atoms with Gasteiger partial charge < -0.3 is 15.3 Å². The topological polar surface area (TPSA) is 78.4 Å². The summed E-state index contributed by atoms with van der Waals surface area (Å²) in [4.78, 5) is 20.8. The average Bonchev–Trinajstić information content (AvgIpc) is 2.90. The molecule has 6 nitrogen and oxygen atoms in total. The SMILES string of the molecule is O=C(O)N1C[C@H]2C[C@@H](Nc3cnc(Br)cn3)C[C@H]2C1. The summed E-state index contributed by atoms with van der Waals surface area (Å²) in [6.45, 7) is 1.34. The third-order valence-electron chi connectivity index (χ3n) is 3.99. The van der Waals surface area contributed by atoms with E-state index in [2.05, 4.69) is 31.2 Å². The van der Waals surface area contributed by atoms with E-state index in [0.29, 0.717) is 31.0 Å². The second kappa shape index (κ2) is 4.96. The highest BCUT2D eigenvalue weighted by Gasteiger charge is 2.42. The van der Waals surface area contributed by atoms with Crippen LogP contribution in [0.3, 0.4) is 0 Å². The first-order valence-corrected chi connectivity index (χ1v) is 7.13. The number of fused-ring (bicyclic) bond motifs is 1. The zero-order valence-corrected chi connectivity index (χ0v) is 11.9. The maximum absolute atomic E-state index is 10.9. The summed E-state index contributed by atoms with van der Waals surface area (Å²) in [5, 5.41) is 12.4. The third kappa shape index (κ3) is 2.65. The minimum absolute atomic E-state index is 0.376. The van der Waals surface area contributed by atoms with Crippen molar-refractivity contribution < 1.29 is 9.90 Å². The monoisotopic (exact) mass is 326 g/mol. The van der Waals surface area contributed by atoms with E-state index < -0.39 is 6.09 Å². The minimum atomic E-state index is -0.794. The maximum Gasteiger partial charge on any atom is 0.407 e. The molecule has 3 rings (SSSR count). The predicted octanol–water partition coefficient (Wildman–Crippen LogP) is 2.04. The number of likely N-dealkylation sites (tertiary alicyclic amines) is 1. The highest BCUT2D eigenvalue weighted by molar-refractivity contribution is 9.10. The van der Waals surface area contributed by atoms with Gasteiger partial charge in [-0.3, -0.25) is 0 Å². The highest BCUT2D eigenvalue weighted by atomic mass is 79.9. The van der Waals surface area contributed by atoms with Gasteiger partial charge in [-0.1, -0.05) is 0 Å². The van der Waals surface area contributed by atoms with E-state index in [1.54, 1.807) is 12.4 Å². The second-order valence-corrected chi connectivity index (χ2v) is 6.06. The predicted molar refractivity (Wildman–Crippen MR) is 73.0 cm³/mol. The quantitative estimate of drug-likeness (QED) is 0.869. The number of halogens is 1. The van der Waals surface area contributed by atoms with Crippen molar-refractivity contribution in [3.05, 3.63) is 17.0 Å². The number of hydrogen-bond acceptors (Lipinski definition) is 4. The Kier molecular flexibility index (Phi) is 3.30. The van der Waals surface area contributed by atoms with Crippen LogP contribution in [0.4, 0.5) is 10.6 Å². The minimum Gasteiger partial charge on any atom is -0.465 e. The lowest BCUT2D eigenvalue weighted by molar-refractivity contribution is 0.152. The molecule has 1 aromatic heterocycles. The van der Waals surface area contributed by atoms with Crippen molar-refractivity contribution in [3.8, 4) is 0 Å². The van der Waals surface area contributed by atoms with Crippen LogP contribution in [-0.2, 0) is 0 Å². The van der Waals surface area contributed by atoms with Gasteiger partial charge in [0.05, 0.1) is 12.4 Å². The van der Waals surface area contributed by atoms with Crippen LogP contribution in [0, 0.1) is 11.8 Å². The summed E-state index contributed by atoms with van der Waals surface area (Å²) in [6, 6.07) is 0.376. The highest BCUT2D eigenvalue weighted by Crippen LogP contribution is 2.39. The molecule has 0 unspecified atom stereocenters. The van der Waals surface area contributed by atoms with Gasteiger partial charge in [0.25, 0.3) is 0 Å². The molecule has 7 heteroatoms. The van der Waals surface area contributed by atoms with E-state index >= 15 is 0 Å². The van der Waals surface area contributed by atoms with E-state index in [0.717, 1.165) is 23.3 Å². The van der Waals surface area contributed by atoms with Gasteiger partial charge in [-0.05, 0) is 40.6 Å². The van der Waals surface area contributed by atoms with E-state index in [9.17, 15) is 4.79 Å². The molecule has 1 aliphatic carbocycles. The molecule has 0 spiro atoms. The van der Waals surface area contributed by atoms with Crippen LogP contribution in [-0.4, -0.2) is 45.2 Å². The van der Waals surface area contributed by atoms with Gasteiger partial charge in [-0.2, -0.15) is 0 Å². The summed E-state index contributed by atoms with van der Waals surface area (Å²) < 4.78 is 0.721. The first-order chi connectivity index (χ1) is 9.11. The molecule has 2 fully saturated rings. The van der Waals surface area contributed by atoms with Crippen LogP contribution in [0.1, 0.15) is 12.8 Å². The van der Waals surface area contributed by atoms with E-state index in [4.69, 9.17) is 5.11 Å². The molecule has 1 saturated carbocycles. The normalized spacial score (nSPS) is 29.3. The van der Waals surface area contributed by atoms with E-state index in [1.165, 1.54) is 4.90 Å². The van der Waals surface area contributed by atoms with E-state index in [-0.39, 0.29) is 0 Å². The van der Waals surface area contributed by atoms with Gasteiger partial charge in [0.2, 0.25) is 0 Å². The van der Waals surface area contributed by atoms with Crippen molar-refractivity contribution in [1.29, 1.82) is 0 Å². The van der Waals surface area contributed by atoms with Crippen LogP contribution < -0.4 is 5.32 Å². The lowest BCUT2D eigenvalue weighted by Gasteiger charge is -2.17. The van der Waals surface area contributed by atoms with Gasteiger partial charge in [0.15, 0.2) is 0 Å². The Morgan fingerprint density at radius 2 is 2.00 bits per heavy atom. The van der Waals surface area contributed by atoms with Crippen LogP contribution in [0.2, 0.25) is 0 Å². The fourth-order valence-corrected chi connectivity index (χ4v) is 3.37. The number of carbonyl (C=O) groups is 1. The fraction of sp³-hybridized carbons (Fsp3) is 0.583. The van der Waals surface area contributed by atoms with Crippen molar-refractivity contribution in [2.75, 3.05) is 18.4 Å². The summed E-state index contributed by atoms with van der Waals surface area (Å²) in [6.07, 6.45) is 4.60. The molecule has 0 radical (unpaired) electrons. The molecule has 102 valence electrons. The van der Waals surface area contributed by atoms with Crippen LogP contribution in [0.15, 0.2) is 17.0 Å². The van der Waals surface area contributed by atoms with Crippen molar-refractivity contribution in [2.45, 2.75) is 18.9 Å². The number of amides is 1. The number of hydrogen-bond donors (Lipinski definition) is 2. The lowest BCUT2D eigenvalue weighted by Crippen LogP contribution is -2.29. The van der Waals surface area contributed by atoms with Crippen molar-refractivity contribution in [2.24, 2.45) is 11.8 Å². The summed E-state index contributed by atoms with van der Waals surface area (Å²) in [5.74, 6) is 1.75. The number of anilines is 1. The zero-order chi connectivity index (χ0) is 13.4. The van der Waals surface area contributed by atoms with Crippen LogP contribution in [0.25, 0.3) is 0 Å². The first-order valence-electron chi connectivity index (χ1n) is 6.34. The molecule has 3 atom stereocenters. The Hall–Kier alpha value is -1.37. The number of aromatic nitrogens is 2. The van der Waals surface area contributed by atoms with Crippen molar-refractivity contribution in [3.63, 3.8) is 0 Å². The smallest absolute Gasteiger partial charge is 0.407 e. The Morgan fingerprint density at radius 1 is 1.32 bits per heavy atom. The summed E-state index contributed by atoms with van der Waals surface area (Å²) in [7, 11) is 0. The molecule has 1 amide bonds. The zero-order valence-electron chi connectivity index (χ0n) is 10.3. The molecular weight excluding hydrogens is 312 g/mol. The Balaban J connectivity index is 1.57. The number of nitrogens with zero attached hydrogens (tertiary/aromatic N) is 3. The molecule has 2 N–H and O–H groups in total. The number of carboxylic acid groups (broad SMARTS) is 1. The Bertz CT molecular complexity index is 467. The maximum atomic E-state index is 10.9. The fourth-order valence-electron chi connectivity index (χ4n) is 3.17. The molecule has 1 saturated heterocycles. The largest absolute Gasteiger partial charge is 0.465 e. The number of nitrogens with one attached hydrogen (secondary N) is 1. The van der Waals surface area contributed by atoms with E-state index in [1.807, 2.05) is 0 Å². The second-order valence-electron chi connectivity index (χ2n) is 5.24. The molecular formula is C12H15BrN4O2. The van der Waals surface area contributed by atoms with Crippen molar-refractivity contribution in [1.82, 2.24) is 14.9 Å².